The molecule has 2 rings (SSSR count). The van der Waals surface area contributed by atoms with E-state index in [1.807, 2.05) is 30.3 Å². The van der Waals surface area contributed by atoms with E-state index in [2.05, 4.69) is 0 Å². The Morgan fingerprint density at radius 3 is 2.67 bits per heavy atom. The van der Waals surface area contributed by atoms with Gasteiger partial charge < -0.3 is 25.4 Å². The summed E-state index contributed by atoms with van der Waals surface area (Å²) in [6.07, 6.45) is -8.83. The number of phenols is 1. The molecule has 0 radical (unpaired) electrons. The Morgan fingerprint density at radius 2 is 1.87 bits per heavy atom. The first-order chi connectivity index (χ1) is 20.3. The summed E-state index contributed by atoms with van der Waals surface area (Å²) in [6.45, 7) is -13.3. The highest BCUT2D eigenvalue weighted by molar-refractivity contribution is 5.36. The van der Waals surface area contributed by atoms with Crippen LogP contribution in [0.5, 0.6) is 5.75 Å². The van der Waals surface area contributed by atoms with Gasteiger partial charge in [-0.2, -0.15) is 0 Å². The molecule has 0 spiro atoms. The summed E-state index contributed by atoms with van der Waals surface area (Å²) in [5.74, 6) is -1.31. The molecule has 0 fully saturated rings. The van der Waals surface area contributed by atoms with Gasteiger partial charge in [0.05, 0.1) is 22.3 Å². The lowest BCUT2D eigenvalue weighted by Gasteiger charge is -2.14. The number of rotatable bonds is 16. The van der Waals surface area contributed by atoms with E-state index in [0.29, 0.717) is 19.3 Å². The average Bonchev–Trinajstić information content (AvgIpc) is 2.89. The summed E-state index contributed by atoms with van der Waals surface area (Å²) in [5.41, 5.74) is -1.29. The lowest BCUT2D eigenvalue weighted by molar-refractivity contribution is 0.126. The minimum absolute atomic E-state index is 0.139. The largest absolute Gasteiger partial charge is 0.508 e. The van der Waals surface area contributed by atoms with Crippen molar-refractivity contribution in [3.63, 3.8) is 0 Å². The van der Waals surface area contributed by atoms with Gasteiger partial charge in [0.2, 0.25) is 0 Å². The van der Waals surface area contributed by atoms with E-state index in [-0.39, 0.29) is 6.61 Å². The number of benzene rings is 2. The minimum atomic E-state index is -3.46. The Balaban J connectivity index is 2.14. The Hall–Kier alpha value is -1.92. The fourth-order valence-corrected chi connectivity index (χ4v) is 2.34. The first-order valence-electron chi connectivity index (χ1n) is 17.0. The SMILES string of the molecule is [2H]c1c([2H])c(C(O)C([2H])([2H])NC([2H])([2H])C([2H])([2H])CCC([2H])([2H])C([2H])([2H])OCCCCc2ccccc2)c([2H])c(C([2H])([2H])O)c1O. The van der Waals surface area contributed by atoms with Gasteiger partial charge in [-0.1, -0.05) is 49.2 Å². The van der Waals surface area contributed by atoms with E-state index in [0.717, 1.165) is 5.56 Å². The maximum atomic E-state index is 10.7. The Labute approximate surface area is 201 Å². The van der Waals surface area contributed by atoms with Crippen LogP contribution in [0.1, 0.15) is 81.8 Å². The number of nitrogens with one attached hydrogen (secondary N) is 1. The molecule has 2 aromatic carbocycles. The standard InChI is InChI=1S/C25H37NO4/c27-20-23-18-22(13-14-24(23)28)25(29)19-26-15-7-1-2-8-16-30-17-9-6-12-21-10-4-3-5-11-21/h3-5,10-11,13-14,18,25-29H,1-2,6-9,12,15-17,19-20H2/i7D2,8D2,13D,14D,15D2,16D2,18D,19D2,20D2. The van der Waals surface area contributed by atoms with Crippen molar-refractivity contribution < 1.29 is 40.6 Å². The number of aryl methyl sites for hydroxylation is 1. The fourth-order valence-electron chi connectivity index (χ4n) is 2.34. The highest BCUT2D eigenvalue weighted by atomic mass is 16.5. The van der Waals surface area contributed by atoms with E-state index in [9.17, 15) is 15.3 Å². The third-order valence-corrected chi connectivity index (χ3v) is 3.88. The Morgan fingerprint density at radius 1 is 1.07 bits per heavy atom. The number of aliphatic hydroxyl groups is 2. The van der Waals surface area contributed by atoms with Crippen LogP contribution < -0.4 is 5.32 Å². The summed E-state index contributed by atoms with van der Waals surface area (Å²) in [5, 5.41) is 32.0. The molecular formula is C25H37NO4. The van der Waals surface area contributed by atoms with Gasteiger partial charge in [0.1, 0.15) is 5.75 Å². The summed E-state index contributed by atoms with van der Waals surface area (Å²) in [6, 6.07) is 5.94. The van der Waals surface area contributed by atoms with Crippen molar-refractivity contribution in [3.05, 3.63) is 65.1 Å². The van der Waals surface area contributed by atoms with Crippen molar-refractivity contribution >= 4 is 0 Å². The highest BCUT2D eigenvalue weighted by Gasteiger charge is 2.09. The maximum Gasteiger partial charge on any atom is 0.121 e. The highest BCUT2D eigenvalue weighted by Crippen LogP contribution is 2.22. The smallest absolute Gasteiger partial charge is 0.121 e. The predicted molar refractivity (Wildman–Crippen MR) is 121 cm³/mol. The van der Waals surface area contributed by atoms with Crippen molar-refractivity contribution in [3.8, 4) is 5.75 Å². The summed E-state index contributed by atoms with van der Waals surface area (Å²) in [7, 11) is 0. The summed E-state index contributed by atoms with van der Waals surface area (Å²) in [4.78, 5) is 0. The molecule has 5 heteroatoms. The van der Waals surface area contributed by atoms with E-state index in [1.54, 1.807) is 5.32 Å². The van der Waals surface area contributed by atoms with Crippen molar-refractivity contribution in [1.29, 1.82) is 0 Å². The molecular weight excluding hydrogens is 378 g/mol. The van der Waals surface area contributed by atoms with Crippen molar-refractivity contribution in [1.82, 2.24) is 5.32 Å². The van der Waals surface area contributed by atoms with Crippen molar-refractivity contribution in [2.45, 2.75) is 57.5 Å². The molecule has 0 aliphatic heterocycles. The number of aliphatic hydroxyl groups excluding tert-OH is 1. The molecule has 30 heavy (non-hydrogen) atoms. The van der Waals surface area contributed by atoms with E-state index in [1.165, 1.54) is 0 Å². The quantitative estimate of drug-likeness (QED) is 0.301. The second-order valence-electron chi connectivity index (χ2n) is 6.17. The van der Waals surface area contributed by atoms with Gasteiger partial charge >= 0.3 is 0 Å². The third-order valence-electron chi connectivity index (χ3n) is 3.88. The molecule has 0 amide bonds. The zero-order valence-electron chi connectivity index (χ0n) is 31.5. The fraction of sp³-hybridized carbons (Fsp3) is 0.520. The van der Waals surface area contributed by atoms with Crippen LogP contribution in [0.25, 0.3) is 0 Å². The summed E-state index contributed by atoms with van der Waals surface area (Å²) < 4.78 is 125. The second kappa shape index (κ2) is 15.0. The van der Waals surface area contributed by atoms with Crippen LogP contribution in [0.3, 0.4) is 0 Å². The molecule has 0 saturated carbocycles. The zero-order valence-corrected chi connectivity index (χ0v) is 16.5. The van der Waals surface area contributed by atoms with Crippen molar-refractivity contribution in [2.24, 2.45) is 0 Å². The lowest BCUT2D eigenvalue weighted by atomic mass is 10.1. The number of ether oxygens (including phenoxy) is 1. The maximum absolute atomic E-state index is 10.7. The van der Waals surface area contributed by atoms with E-state index in [4.69, 9.17) is 25.3 Å². The number of hydrogen-bond acceptors (Lipinski definition) is 5. The Kier molecular flexibility index (Phi) is 5.29. The van der Waals surface area contributed by atoms with Crippen LogP contribution >= 0.6 is 0 Å². The van der Waals surface area contributed by atoms with Crippen LogP contribution in [0.15, 0.2) is 48.5 Å². The normalized spacial score (nSPS) is 22.4. The molecule has 0 saturated heterocycles. The van der Waals surface area contributed by atoms with Crippen molar-refractivity contribution in [2.75, 3.05) is 26.2 Å². The topological polar surface area (TPSA) is 82.0 Å². The number of unbranched alkanes of at least 4 members (excludes halogenated alkanes) is 1. The molecule has 0 aromatic heterocycles. The van der Waals surface area contributed by atoms with Gasteiger partial charge in [0, 0.05) is 36.2 Å². The van der Waals surface area contributed by atoms with E-state index >= 15 is 0 Å². The summed E-state index contributed by atoms with van der Waals surface area (Å²) >= 11 is 0. The molecule has 0 aliphatic rings. The number of hydrogen-bond donors (Lipinski definition) is 4. The van der Waals surface area contributed by atoms with Gasteiger partial charge in [0.15, 0.2) is 0 Å². The molecule has 0 aliphatic carbocycles. The first kappa shape index (κ1) is 10.6. The van der Waals surface area contributed by atoms with Gasteiger partial charge in [0.25, 0.3) is 0 Å². The predicted octanol–water partition coefficient (Wildman–Crippen LogP) is 4.11. The second-order valence-corrected chi connectivity index (χ2v) is 6.17. The van der Waals surface area contributed by atoms with Crippen LogP contribution in [-0.4, -0.2) is 41.5 Å². The molecule has 1 unspecified atom stereocenters. The van der Waals surface area contributed by atoms with Crippen LogP contribution in [-0.2, 0) is 17.7 Å². The van der Waals surface area contributed by atoms with Gasteiger partial charge in [-0.3, -0.25) is 0 Å². The molecule has 0 heterocycles. The average molecular weight is 431 g/mol. The lowest BCUT2D eigenvalue weighted by Crippen LogP contribution is -2.22. The molecule has 2 aromatic rings. The first-order valence-corrected chi connectivity index (χ1v) is 9.50. The van der Waals surface area contributed by atoms with Crippen LogP contribution in [0, 0.1) is 0 Å². The Bertz CT molecular complexity index is 1300. The van der Waals surface area contributed by atoms with Gasteiger partial charge in [-0.05, 0) is 61.7 Å². The van der Waals surface area contributed by atoms with Gasteiger partial charge in [-0.15, -0.1) is 0 Å². The molecule has 166 valence electrons. The molecule has 4 N–H and O–H groups in total. The van der Waals surface area contributed by atoms with Crippen LogP contribution in [0.4, 0.5) is 0 Å². The molecule has 0 bridgehead atoms. The van der Waals surface area contributed by atoms with E-state index < -0.39 is 92.8 Å². The van der Waals surface area contributed by atoms with Crippen LogP contribution in [0.2, 0.25) is 0 Å². The third kappa shape index (κ3) is 9.72. The monoisotopic (exact) mass is 430 g/mol. The zero-order chi connectivity index (χ0) is 34.8. The van der Waals surface area contributed by atoms with Gasteiger partial charge in [-0.25, -0.2) is 0 Å². The molecule has 1 atom stereocenters. The number of aromatic hydroxyl groups is 1. The minimum Gasteiger partial charge on any atom is -0.508 e. The molecule has 5 nitrogen and oxygen atoms in total.